The number of nitrogens with zero attached hydrogens (tertiary/aromatic N) is 2. The van der Waals surface area contributed by atoms with E-state index in [2.05, 4.69) is 9.21 Å². The van der Waals surface area contributed by atoms with E-state index in [4.69, 9.17) is 4.74 Å². The van der Waals surface area contributed by atoms with Crippen LogP contribution in [-0.2, 0) is 0 Å². The first kappa shape index (κ1) is 22.3. The number of ketones is 1. The van der Waals surface area contributed by atoms with E-state index in [0.717, 1.165) is 61.6 Å². The van der Waals surface area contributed by atoms with Gasteiger partial charge in [0.15, 0.2) is 5.78 Å². The van der Waals surface area contributed by atoms with Crippen molar-refractivity contribution in [1.29, 1.82) is 0 Å². The maximum absolute atomic E-state index is 13.1. The molecule has 0 aromatic heterocycles. The van der Waals surface area contributed by atoms with Gasteiger partial charge in [0.05, 0.1) is 13.2 Å². The summed E-state index contributed by atoms with van der Waals surface area (Å²) < 4.78 is 20.7. The van der Waals surface area contributed by atoms with Crippen molar-refractivity contribution in [3.8, 4) is 5.75 Å². The number of halogens is 1. The van der Waals surface area contributed by atoms with E-state index in [-0.39, 0.29) is 17.5 Å². The van der Waals surface area contributed by atoms with Gasteiger partial charge in [-0.2, -0.15) is 0 Å². The molecule has 1 saturated heterocycles. The molecule has 0 amide bonds. The van der Waals surface area contributed by atoms with Crippen LogP contribution in [0.5, 0.6) is 5.75 Å². The summed E-state index contributed by atoms with van der Waals surface area (Å²) in [6.07, 6.45) is 2.16. The molecule has 31 heavy (non-hydrogen) atoms. The molecule has 166 valence electrons. The highest BCUT2D eigenvalue weighted by Gasteiger charge is 2.28. The Hall–Kier alpha value is -1.93. The molecule has 0 spiro atoms. The Bertz CT molecular complexity index is 900. The summed E-state index contributed by atoms with van der Waals surface area (Å²) in [5.74, 6) is 0.594. The van der Waals surface area contributed by atoms with Crippen LogP contribution in [0.25, 0.3) is 0 Å². The number of Topliss-reactive ketones (excluding diaryl/α,β-unsaturated/α-hetero) is 1. The predicted octanol–water partition coefficient (Wildman–Crippen LogP) is 4.18. The highest BCUT2D eigenvalue weighted by Crippen LogP contribution is 2.41. The number of carbonyl (C=O) groups excluding carboxylic acids is 1. The zero-order valence-electron chi connectivity index (χ0n) is 17.8. The number of methoxy groups -OCH3 is 1. The molecule has 0 aliphatic carbocycles. The van der Waals surface area contributed by atoms with Gasteiger partial charge in [0.2, 0.25) is 0 Å². The molecular formula is C24H29FN2O3S. The van der Waals surface area contributed by atoms with E-state index >= 15 is 0 Å². The van der Waals surface area contributed by atoms with Crippen LogP contribution in [0, 0.1) is 11.7 Å². The topological polar surface area (TPSA) is 53.0 Å². The van der Waals surface area contributed by atoms with Crippen LogP contribution in [0.2, 0.25) is 0 Å². The van der Waals surface area contributed by atoms with Crippen LogP contribution in [0.1, 0.15) is 41.3 Å². The molecule has 4 rings (SSSR count). The number of piperidine rings is 1. The number of carbonyl (C=O) groups is 1. The molecule has 2 aliphatic heterocycles. The Morgan fingerprint density at radius 2 is 1.90 bits per heavy atom. The van der Waals surface area contributed by atoms with Crippen molar-refractivity contribution in [1.82, 2.24) is 9.21 Å². The molecule has 0 radical (unpaired) electrons. The largest absolute Gasteiger partial charge is 0.496 e. The van der Waals surface area contributed by atoms with Crippen molar-refractivity contribution in [2.24, 2.45) is 5.92 Å². The standard InChI is InChI=1S/C24H29FN2O3S/c1-30-21-4-2-5-22-23(21)20(28)16-27(31-22)13-3-12-26-14-10-18(11-15-26)24(29)17-6-8-19(25)9-7-17/h2,4-9,18,20,28H,3,10-16H2,1H3. The lowest BCUT2D eigenvalue weighted by Crippen LogP contribution is -2.38. The monoisotopic (exact) mass is 444 g/mol. The van der Waals surface area contributed by atoms with Gasteiger partial charge in [-0.05, 0) is 87.2 Å². The van der Waals surface area contributed by atoms with E-state index in [1.165, 1.54) is 12.1 Å². The lowest BCUT2D eigenvalue weighted by atomic mass is 9.89. The van der Waals surface area contributed by atoms with E-state index in [0.29, 0.717) is 12.1 Å². The third kappa shape index (κ3) is 5.29. The van der Waals surface area contributed by atoms with Crippen LogP contribution in [-0.4, -0.2) is 59.9 Å². The van der Waals surface area contributed by atoms with Crippen molar-refractivity contribution in [2.45, 2.75) is 30.3 Å². The van der Waals surface area contributed by atoms with Crippen molar-refractivity contribution in [3.05, 3.63) is 59.4 Å². The number of β-amino-alcohol motifs (C(OH)–C–C–N with tert-alkyl or cyclic N) is 1. The van der Waals surface area contributed by atoms with E-state index < -0.39 is 6.10 Å². The number of rotatable bonds is 7. The van der Waals surface area contributed by atoms with Gasteiger partial charge in [-0.25, -0.2) is 8.70 Å². The lowest BCUT2D eigenvalue weighted by molar-refractivity contribution is 0.0837. The summed E-state index contributed by atoms with van der Waals surface area (Å²) in [5.41, 5.74) is 1.50. The van der Waals surface area contributed by atoms with Crippen molar-refractivity contribution in [2.75, 3.05) is 39.8 Å². The second kappa shape index (κ2) is 10.1. The fourth-order valence-electron chi connectivity index (χ4n) is 4.45. The summed E-state index contributed by atoms with van der Waals surface area (Å²) >= 11 is 1.68. The van der Waals surface area contributed by atoms with Crippen molar-refractivity contribution in [3.63, 3.8) is 0 Å². The summed E-state index contributed by atoms with van der Waals surface area (Å²) in [4.78, 5) is 16.1. The lowest BCUT2D eigenvalue weighted by Gasteiger charge is -2.34. The quantitative estimate of drug-likeness (QED) is 0.511. The molecule has 7 heteroatoms. The molecule has 2 heterocycles. The van der Waals surface area contributed by atoms with Gasteiger partial charge < -0.3 is 14.7 Å². The Morgan fingerprint density at radius 1 is 1.16 bits per heavy atom. The molecule has 0 bridgehead atoms. The molecule has 1 unspecified atom stereocenters. The van der Waals surface area contributed by atoms with Crippen LogP contribution >= 0.6 is 11.9 Å². The zero-order chi connectivity index (χ0) is 21.8. The maximum Gasteiger partial charge on any atom is 0.166 e. The molecule has 1 N–H and O–H groups in total. The molecular weight excluding hydrogens is 415 g/mol. The van der Waals surface area contributed by atoms with Crippen LogP contribution in [0.3, 0.4) is 0 Å². The Labute approximate surface area is 187 Å². The highest BCUT2D eigenvalue weighted by molar-refractivity contribution is 7.97. The SMILES string of the molecule is COc1cccc2c1C(O)CN(CCCN1CCC(C(=O)c3ccc(F)cc3)CC1)S2. The summed E-state index contributed by atoms with van der Waals surface area (Å²) in [7, 11) is 1.63. The molecule has 1 fully saturated rings. The first-order valence-electron chi connectivity index (χ1n) is 10.8. The van der Waals surface area contributed by atoms with Crippen molar-refractivity contribution >= 4 is 17.7 Å². The van der Waals surface area contributed by atoms with Gasteiger partial charge in [-0.1, -0.05) is 6.07 Å². The summed E-state index contributed by atoms with van der Waals surface area (Å²) in [6.45, 7) is 4.29. The average molecular weight is 445 g/mol. The Kier molecular flexibility index (Phi) is 7.27. The van der Waals surface area contributed by atoms with E-state index in [1.807, 2.05) is 18.2 Å². The first-order valence-corrected chi connectivity index (χ1v) is 11.6. The van der Waals surface area contributed by atoms with Crippen LogP contribution in [0.4, 0.5) is 4.39 Å². The number of aliphatic hydroxyl groups excluding tert-OH is 1. The number of benzene rings is 2. The number of hydrogen-bond acceptors (Lipinski definition) is 6. The number of hydrogen-bond donors (Lipinski definition) is 1. The van der Waals surface area contributed by atoms with E-state index in [9.17, 15) is 14.3 Å². The number of aliphatic hydroxyl groups is 1. The third-order valence-electron chi connectivity index (χ3n) is 6.15. The Balaban J connectivity index is 1.22. The van der Waals surface area contributed by atoms with Gasteiger partial charge in [0.1, 0.15) is 11.6 Å². The number of fused-ring (bicyclic) bond motifs is 1. The van der Waals surface area contributed by atoms with Gasteiger partial charge in [0, 0.05) is 35.0 Å². The van der Waals surface area contributed by atoms with Gasteiger partial charge >= 0.3 is 0 Å². The van der Waals surface area contributed by atoms with Gasteiger partial charge in [0.25, 0.3) is 0 Å². The van der Waals surface area contributed by atoms with Crippen LogP contribution < -0.4 is 4.74 Å². The second-order valence-corrected chi connectivity index (χ2v) is 9.35. The van der Waals surface area contributed by atoms with Crippen LogP contribution in [0.15, 0.2) is 47.4 Å². The molecule has 5 nitrogen and oxygen atoms in total. The highest BCUT2D eigenvalue weighted by atomic mass is 32.2. The third-order valence-corrected chi connectivity index (χ3v) is 7.29. The first-order chi connectivity index (χ1) is 15.0. The second-order valence-electron chi connectivity index (χ2n) is 8.21. The zero-order valence-corrected chi connectivity index (χ0v) is 18.6. The summed E-state index contributed by atoms with van der Waals surface area (Å²) in [5, 5.41) is 10.6. The molecule has 2 aliphatic rings. The normalized spacial score (nSPS) is 20.4. The number of ether oxygens (including phenoxy) is 1. The Morgan fingerprint density at radius 3 is 2.61 bits per heavy atom. The van der Waals surface area contributed by atoms with Gasteiger partial charge in [-0.15, -0.1) is 0 Å². The minimum atomic E-state index is -0.541. The molecule has 2 aromatic rings. The summed E-state index contributed by atoms with van der Waals surface area (Å²) in [6, 6.07) is 11.8. The van der Waals surface area contributed by atoms with Crippen molar-refractivity contribution < 1.29 is 19.0 Å². The minimum absolute atomic E-state index is 0.0287. The predicted molar refractivity (Wildman–Crippen MR) is 120 cm³/mol. The van der Waals surface area contributed by atoms with Gasteiger partial charge in [-0.3, -0.25) is 4.79 Å². The van der Waals surface area contributed by atoms with E-state index in [1.54, 1.807) is 31.2 Å². The fourth-order valence-corrected chi connectivity index (χ4v) is 5.64. The molecule has 0 saturated carbocycles. The fraction of sp³-hybridized carbons (Fsp3) is 0.458. The smallest absolute Gasteiger partial charge is 0.166 e. The molecule has 1 atom stereocenters. The average Bonchev–Trinajstić information content (AvgIpc) is 2.79. The maximum atomic E-state index is 13.1. The number of likely N-dealkylation sites (tertiary alicyclic amines) is 1. The molecule has 2 aromatic carbocycles. The minimum Gasteiger partial charge on any atom is -0.496 e.